The lowest BCUT2D eigenvalue weighted by atomic mass is 9.63. The first kappa shape index (κ1) is 36.9. The van der Waals surface area contributed by atoms with Crippen LogP contribution >= 0.6 is 0 Å². The van der Waals surface area contributed by atoms with E-state index in [9.17, 15) is 19.2 Å². The summed E-state index contributed by atoms with van der Waals surface area (Å²) >= 11 is 0. The number of nitrogens with zero attached hydrogens (tertiary/aromatic N) is 5. The largest absolute Gasteiger partial charge is 0.369 e. The molecule has 53 heavy (non-hydrogen) atoms. The summed E-state index contributed by atoms with van der Waals surface area (Å²) in [5.74, 6) is -2.64. The summed E-state index contributed by atoms with van der Waals surface area (Å²) < 4.78 is 23.3. The summed E-state index contributed by atoms with van der Waals surface area (Å²) in [7, 11) is 4.26. The number of likely N-dealkylation sites (N-methyl/N-ethyl adjacent to an activating group) is 2. The van der Waals surface area contributed by atoms with Crippen molar-refractivity contribution in [2.45, 2.75) is 68.6 Å². The molecule has 1 amide bonds. The molecule has 2 saturated carbocycles. The molecule has 0 bridgehead atoms. The van der Waals surface area contributed by atoms with Crippen LogP contribution in [0.5, 0.6) is 0 Å². The standard InChI is InChI=1S/C40H56FN7O5/c1-44-13-17-46(18-14-44)11-5-9-42-34-31(41)21-29-35-39(34)53-33-23-28-27(36(49)25-7-3-4-8-26(25)37(28)50)22-32(33)48(35)24-30(38(29)51)40(52)43-10-6-12-47-19-15-45(2)16-20-47/h3-4,7-8,24,27-29,31-35,39,42H,5-6,9-23H2,1-2H3,(H,43,52). The minimum atomic E-state index is -1.35. The summed E-state index contributed by atoms with van der Waals surface area (Å²) in [6.45, 7) is 11.0. The Kier molecular flexibility index (Phi) is 10.8. The fourth-order valence-corrected chi connectivity index (χ4v) is 10.2. The number of benzene rings is 1. The SMILES string of the molecule is CN1CCN(CCCNC(=O)C2=CN3C4CC5C(=O)c6ccccc6C(=O)C5CC4OC4C(NCCCN5CCN(C)CC5)C(F)CC(C2=O)C43)CC1. The van der Waals surface area contributed by atoms with Gasteiger partial charge in [-0.1, -0.05) is 24.3 Å². The van der Waals surface area contributed by atoms with Crippen molar-refractivity contribution in [3.63, 3.8) is 0 Å². The van der Waals surface area contributed by atoms with E-state index in [-0.39, 0.29) is 35.4 Å². The predicted octanol–water partition coefficient (Wildman–Crippen LogP) is 1.07. The Morgan fingerprint density at radius 1 is 0.774 bits per heavy atom. The maximum Gasteiger partial charge on any atom is 0.256 e. The van der Waals surface area contributed by atoms with Crippen LogP contribution in [0.25, 0.3) is 0 Å². The Morgan fingerprint density at radius 3 is 1.98 bits per heavy atom. The first-order chi connectivity index (χ1) is 25.7. The van der Waals surface area contributed by atoms with Gasteiger partial charge in [0.05, 0.1) is 35.9 Å². The zero-order valence-corrected chi connectivity index (χ0v) is 31.3. The number of ketones is 3. The van der Waals surface area contributed by atoms with Crippen LogP contribution in [-0.2, 0) is 14.3 Å². The number of carbonyl (C=O) groups excluding carboxylic acids is 4. The second-order valence-electron chi connectivity index (χ2n) is 16.6. The molecule has 0 aromatic heterocycles. The van der Waals surface area contributed by atoms with E-state index in [1.807, 2.05) is 0 Å². The van der Waals surface area contributed by atoms with Crippen LogP contribution in [0, 0.1) is 17.8 Å². The van der Waals surface area contributed by atoms with Gasteiger partial charge in [0.15, 0.2) is 17.3 Å². The molecule has 2 N–H and O–H groups in total. The highest BCUT2D eigenvalue weighted by molar-refractivity contribution is 6.20. The second kappa shape index (κ2) is 15.6. The van der Waals surface area contributed by atoms with E-state index in [4.69, 9.17) is 4.74 Å². The van der Waals surface area contributed by atoms with Crippen LogP contribution in [0.3, 0.4) is 0 Å². The molecule has 1 aromatic carbocycles. The molecule has 0 radical (unpaired) electrons. The summed E-state index contributed by atoms with van der Waals surface area (Å²) in [6.07, 6.45) is 1.57. The van der Waals surface area contributed by atoms with Gasteiger partial charge in [-0.05, 0) is 65.8 Å². The van der Waals surface area contributed by atoms with Crippen molar-refractivity contribution in [1.82, 2.24) is 35.1 Å². The van der Waals surface area contributed by atoms with Gasteiger partial charge in [-0.3, -0.25) is 19.2 Å². The number of fused-ring (bicyclic) bond motifs is 4. The smallest absolute Gasteiger partial charge is 0.256 e. The van der Waals surface area contributed by atoms with Crippen LogP contribution in [-0.4, -0.2) is 177 Å². The predicted molar refractivity (Wildman–Crippen MR) is 197 cm³/mol. The lowest BCUT2D eigenvalue weighted by Crippen LogP contribution is -2.73. The normalized spacial score (nSPS) is 35.2. The topological polar surface area (TPSA) is 118 Å². The highest BCUT2D eigenvalue weighted by Crippen LogP contribution is 2.49. The molecule has 5 fully saturated rings. The van der Waals surface area contributed by atoms with Crippen LogP contribution in [0.2, 0.25) is 0 Å². The second-order valence-corrected chi connectivity index (χ2v) is 16.6. The van der Waals surface area contributed by atoms with Crippen molar-refractivity contribution in [1.29, 1.82) is 0 Å². The maximum atomic E-state index is 16.4. The molecule has 4 aliphatic heterocycles. The van der Waals surface area contributed by atoms with Crippen LogP contribution < -0.4 is 10.6 Å². The minimum Gasteiger partial charge on any atom is -0.369 e. The van der Waals surface area contributed by atoms with Gasteiger partial charge in [-0.25, -0.2) is 4.39 Å². The number of alkyl halides is 1. The first-order valence-electron chi connectivity index (χ1n) is 20.0. The van der Waals surface area contributed by atoms with Gasteiger partial charge in [0.2, 0.25) is 0 Å². The number of ether oxygens (including phenoxy) is 1. The molecule has 3 saturated heterocycles. The van der Waals surface area contributed by atoms with Crippen LogP contribution in [0.1, 0.15) is 52.8 Å². The molecule has 9 atom stereocenters. The number of morpholine rings is 1. The zero-order chi connectivity index (χ0) is 36.8. The number of nitrogens with one attached hydrogen (secondary N) is 2. The highest BCUT2D eigenvalue weighted by Gasteiger charge is 2.61. The van der Waals surface area contributed by atoms with E-state index in [0.29, 0.717) is 37.1 Å². The molecule has 8 rings (SSSR count). The third-order valence-electron chi connectivity index (χ3n) is 13.3. The number of halogens is 1. The summed E-state index contributed by atoms with van der Waals surface area (Å²) in [6, 6.07) is 5.59. The Balaban J connectivity index is 1.01. The summed E-state index contributed by atoms with van der Waals surface area (Å²) in [5.41, 5.74) is 0.974. The van der Waals surface area contributed by atoms with E-state index in [0.717, 1.165) is 78.3 Å². The van der Waals surface area contributed by atoms with Gasteiger partial charge < -0.3 is 39.9 Å². The molecular formula is C40H56FN7O5. The molecule has 3 aliphatic carbocycles. The van der Waals surface area contributed by atoms with Gasteiger partial charge >= 0.3 is 0 Å². The Labute approximate surface area is 312 Å². The van der Waals surface area contributed by atoms with Gasteiger partial charge in [0.25, 0.3) is 5.91 Å². The van der Waals surface area contributed by atoms with E-state index in [1.165, 1.54) is 0 Å². The fraction of sp³-hybridized carbons (Fsp3) is 0.700. The summed E-state index contributed by atoms with van der Waals surface area (Å²) in [4.78, 5) is 67.1. The molecule has 12 nitrogen and oxygen atoms in total. The summed E-state index contributed by atoms with van der Waals surface area (Å²) in [5, 5.41) is 6.49. The van der Waals surface area contributed by atoms with Crippen LogP contribution in [0.4, 0.5) is 4.39 Å². The number of carbonyl (C=O) groups is 4. The molecule has 7 aliphatic rings. The average molecular weight is 734 g/mol. The molecule has 1 aromatic rings. The minimum absolute atomic E-state index is 0.00174. The van der Waals surface area contributed by atoms with Crippen molar-refractivity contribution < 1.29 is 28.3 Å². The van der Waals surface area contributed by atoms with Gasteiger partial charge in [-0.15, -0.1) is 0 Å². The number of rotatable bonds is 10. The number of piperazine rings is 2. The molecule has 9 unspecified atom stereocenters. The average Bonchev–Trinajstić information content (AvgIpc) is 3.16. The highest BCUT2D eigenvalue weighted by atomic mass is 19.1. The van der Waals surface area contributed by atoms with Crippen LogP contribution in [0.15, 0.2) is 36.0 Å². The Morgan fingerprint density at radius 2 is 1.36 bits per heavy atom. The van der Waals surface area contributed by atoms with Crippen molar-refractivity contribution in [3.05, 3.63) is 47.2 Å². The lowest BCUT2D eigenvalue weighted by Gasteiger charge is -2.60. The van der Waals surface area contributed by atoms with Gasteiger partial charge in [0.1, 0.15) is 6.17 Å². The van der Waals surface area contributed by atoms with Crippen molar-refractivity contribution in [2.75, 3.05) is 92.6 Å². The fourth-order valence-electron chi connectivity index (χ4n) is 10.2. The first-order valence-corrected chi connectivity index (χ1v) is 20.0. The quantitative estimate of drug-likeness (QED) is 0.266. The third kappa shape index (κ3) is 7.25. The van der Waals surface area contributed by atoms with E-state index in [1.54, 1.807) is 30.5 Å². The van der Waals surface area contributed by atoms with Crippen molar-refractivity contribution in [3.8, 4) is 0 Å². The van der Waals surface area contributed by atoms with E-state index >= 15 is 4.39 Å². The van der Waals surface area contributed by atoms with Crippen molar-refractivity contribution >= 4 is 23.3 Å². The molecule has 288 valence electrons. The Hall–Kier alpha value is -3.07. The van der Waals surface area contributed by atoms with Gasteiger partial charge in [-0.2, -0.15) is 0 Å². The number of hydrogen-bond acceptors (Lipinski definition) is 11. The van der Waals surface area contributed by atoms with E-state index in [2.05, 4.69) is 49.2 Å². The molecule has 0 spiro atoms. The Bertz CT molecular complexity index is 1590. The number of Topliss-reactive ketones (excluding diaryl/α,β-unsaturated/α-hetero) is 3. The molecule has 4 heterocycles. The lowest BCUT2D eigenvalue weighted by molar-refractivity contribution is -0.202. The van der Waals surface area contributed by atoms with E-state index < -0.39 is 54.1 Å². The molecule has 13 heteroatoms. The molecular weight excluding hydrogens is 677 g/mol. The zero-order valence-electron chi connectivity index (χ0n) is 31.3. The maximum absolute atomic E-state index is 16.4. The van der Waals surface area contributed by atoms with Crippen molar-refractivity contribution in [2.24, 2.45) is 17.8 Å². The number of hydrogen-bond donors (Lipinski definition) is 2. The van der Waals surface area contributed by atoms with Gasteiger partial charge in [0, 0.05) is 94.0 Å². The number of amides is 1. The third-order valence-corrected chi connectivity index (χ3v) is 13.3. The monoisotopic (exact) mass is 733 g/mol.